The highest BCUT2D eigenvalue weighted by molar-refractivity contribution is 7.92. The number of rotatable bonds is 4. The van der Waals surface area contributed by atoms with E-state index in [0.717, 1.165) is 44.9 Å². The van der Waals surface area contributed by atoms with Crippen molar-refractivity contribution < 1.29 is 12.9 Å². The number of nitrogens with two attached hydrogens (primary N) is 1. The van der Waals surface area contributed by atoms with Gasteiger partial charge in [-0.15, -0.1) is 0 Å². The third-order valence-corrected chi connectivity index (χ3v) is 7.57. The van der Waals surface area contributed by atoms with Crippen molar-refractivity contribution in [2.75, 3.05) is 0 Å². The molecule has 0 amide bonds. The third-order valence-electron chi connectivity index (χ3n) is 5.29. The van der Waals surface area contributed by atoms with Gasteiger partial charge in [-0.3, -0.25) is 0 Å². The van der Waals surface area contributed by atoms with Crippen molar-refractivity contribution in [3.63, 3.8) is 0 Å². The molecule has 2 aliphatic carbocycles. The second kappa shape index (κ2) is 5.67. The molecule has 0 saturated heterocycles. The van der Waals surface area contributed by atoms with E-state index in [1.54, 1.807) is 24.3 Å². The molecule has 4 rings (SSSR count). The molecule has 128 valence electrons. The van der Waals surface area contributed by atoms with Crippen LogP contribution in [-0.4, -0.2) is 23.8 Å². The van der Waals surface area contributed by atoms with E-state index >= 15 is 0 Å². The number of aromatic nitrogens is 2. The third kappa shape index (κ3) is 2.56. The lowest BCUT2D eigenvalue weighted by Gasteiger charge is -2.34. The van der Waals surface area contributed by atoms with Crippen LogP contribution in [0.1, 0.15) is 50.8 Å². The maximum absolute atomic E-state index is 12.6. The van der Waals surface area contributed by atoms with Crippen molar-refractivity contribution in [1.29, 1.82) is 0 Å². The van der Waals surface area contributed by atoms with Crippen LogP contribution in [0.3, 0.4) is 0 Å². The van der Waals surface area contributed by atoms with Gasteiger partial charge in [0, 0.05) is 5.56 Å². The Morgan fingerprint density at radius 2 is 1.75 bits per heavy atom. The van der Waals surface area contributed by atoms with Crippen molar-refractivity contribution in [1.82, 2.24) is 10.1 Å². The minimum Gasteiger partial charge on any atom is -0.334 e. The molecule has 0 radical (unpaired) electrons. The molecule has 0 atom stereocenters. The zero-order valence-electron chi connectivity index (χ0n) is 13.4. The molecular weight excluding hydrogens is 326 g/mol. The second-order valence-corrected chi connectivity index (χ2v) is 9.14. The first-order chi connectivity index (χ1) is 11.5. The molecule has 2 aromatic rings. The van der Waals surface area contributed by atoms with Gasteiger partial charge in [-0.25, -0.2) is 8.42 Å². The van der Waals surface area contributed by atoms with Gasteiger partial charge in [0.25, 0.3) is 5.89 Å². The first kappa shape index (κ1) is 15.8. The Labute approximate surface area is 141 Å². The molecule has 2 aliphatic rings. The molecule has 1 aromatic carbocycles. The maximum atomic E-state index is 12.6. The zero-order valence-corrected chi connectivity index (χ0v) is 14.3. The molecule has 0 spiro atoms. The van der Waals surface area contributed by atoms with E-state index in [2.05, 4.69) is 10.1 Å². The van der Waals surface area contributed by atoms with Crippen LogP contribution in [0.2, 0.25) is 0 Å². The topological polar surface area (TPSA) is 99.1 Å². The van der Waals surface area contributed by atoms with Crippen molar-refractivity contribution in [2.24, 2.45) is 5.73 Å². The highest BCUT2D eigenvalue weighted by atomic mass is 32.2. The maximum Gasteiger partial charge on any atom is 0.257 e. The molecular formula is C17H21N3O3S. The predicted molar refractivity (Wildman–Crippen MR) is 88.9 cm³/mol. The van der Waals surface area contributed by atoms with Gasteiger partial charge in [-0.05, 0) is 56.4 Å². The number of hydrogen-bond acceptors (Lipinski definition) is 6. The molecule has 1 aromatic heterocycles. The van der Waals surface area contributed by atoms with Crippen LogP contribution >= 0.6 is 0 Å². The van der Waals surface area contributed by atoms with Gasteiger partial charge in [0.05, 0.1) is 15.7 Å². The SMILES string of the molecule is NC1(c2noc(-c3ccc(S(=O)(=O)C4CCCC4)cc3)n2)CCC1. The minimum atomic E-state index is -3.24. The summed E-state index contributed by atoms with van der Waals surface area (Å²) in [5.41, 5.74) is 6.45. The van der Waals surface area contributed by atoms with Crippen molar-refractivity contribution in [3.8, 4) is 11.5 Å². The van der Waals surface area contributed by atoms with E-state index in [-0.39, 0.29) is 5.25 Å². The fraction of sp³-hybridized carbons (Fsp3) is 0.529. The summed E-state index contributed by atoms with van der Waals surface area (Å²) in [5, 5.41) is 3.75. The lowest BCUT2D eigenvalue weighted by Crippen LogP contribution is -2.44. The predicted octanol–water partition coefficient (Wildman–Crippen LogP) is 2.79. The number of hydrogen-bond donors (Lipinski definition) is 1. The molecule has 0 unspecified atom stereocenters. The lowest BCUT2D eigenvalue weighted by atomic mass is 9.77. The summed E-state index contributed by atoms with van der Waals surface area (Å²) in [6, 6.07) is 6.72. The van der Waals surface area contributed by atoms with E-state index in [1.807, 2.05) is 0 Å². The highest BCUT2D eigenvalue weighted by Gasteiger charge is 2.39. The monoisotopic (exact) mass is 347 g/mol. The van der Waals surface area contributed by atoms with Gasteiger partial charge in [0.2, 0.25) is 0 Å². The molecule has 6 nitrogen and oxygen atoms in total. The molecule has 1 heterocycles. The van der Waals surface area contributed by atoms with E-state index in [4.69, 9.17) is 10.3 Å². The summed E-state index contributed by atoms with van der Waals surface area (Å²) < 4.78 is 30.5. The average Bonchev–Trinajstić information content (AvgIpc) is 3.24. The largest absolute Gasteiger partial charge is 0.334 e. The smallest absolute Gasteiger partial charge is 0.257 e. The minimum absolute atomic E-state index is 0.242. The van der Waals surface area contributed by atoms with E-state index < -0.39 is 15.4 Å². The Balaban J connectivity index is 1.58. The Hall–Kier alpha value is -1.73. The van der Waals surface area contributed by atoms with Crippen LogP contribution in [-0.2, 0) is 15.4 Å². The summed E-state index contributed by atoms with van der Waals surface area (Å²) in [6.07, 6.45) is 6.32. The normalized spacial score (nSPS) is 20.9. The molecule has 2 saturated carbocycles. The number of benzene rings is 1. The van der Waals surface area contributed by atoms with Gasteiger partial charge < -0.3 is 10.3 Å². The first-order valence-corrected chi connectivity index (χ1v) is 10.0. The fourth-order valence-electron chi connectivity index (χ4n) is 3.50. The Morgan fingerprint density at radius 1 is 1.08 bits per heavy atom. The molecule has 0 aliphatic heterocycles. The van der Waals surface area contributed by atoms with Crippen LogP contribution in [0.25, 0.3) is 11.5 Å². The van der Waals surface area contributed by atoms with Crippen molar-refractivity contribution in [3.05, 3.63) is 30.1 Å². The zero-order chi connectivity index (χ0) is 16.8. The van der Waals surface area contributed by atoms with Crippen LogP contribution in [0.5, 0.6) is 0 Å². The average molecular weight is 347 g/mol. The molecule has 0 bridgehead atoms. The fourth-order valence-corrected chi connectivity index (χ4v) is 5.36. The number of sulfone groups is 1. The molecule has 7 heteroatoms. The standard InChI is InChI=1S/C17H21N3O3S/c18-17(10-3-11-17)16-19-15(23-20-16)12-6-8-14(9-7-12)24(21,22)13-4-1-2-5-13/h6-9,13H,1-5,10-11,18H2. The summed E-state index contributed by atoms with van der Waals surface area (Å²) in [4.78, 5) is 4.76. The molecule has 24 heavy (non-hydrogen) atoms. The van der Waals surface area contributed by atoms with Crippen LogP contribution in [0, 0.1) is 0 Å². The van der Waals surface area contributed by atoms with Crippen LogP contribution in [0.4, 0.5) is 0 Å². The first-order valence-electron chi connectivity index (χ1n) is 8.46. The Bertz CT molecular complexity index is 832. The van der Waals surface area contributed by atoms with Crippen molar-refractivity contribution >= 4 is 9.84 Å². The van der Waals surface area contributed by atoms with Gasteiger partial charge >= 0.3 is 0 Å². The van der Waals surface area contributed by atoms with Gasteiger partial charge in [0.15, 0.2) is 15.7 Å². The summed E-state index contributed by atoms with van der Waals surface area (Å²) in [5.74, 6) is 0.915. The summed E-state index contributed by atoms with van der Waals surface area (Å²) in [6.45, 7) is 0. The number of nitrogens with zero attached hydrogens (tertiary/aromatic N) is 2. The lowest BCUT2D eigenvalue weighted by molar-refractivity contribution is 0.229. The van der Waals surface area contributed by atoms with Crippen LogP contribution < -0.4 is 5.73 Å². The van der Waals surface area contributed by atoms with Gasteiger partial charge in [0.1, 0.15) is 0 Å². The quantitative estimate of drug-likeness (QED) is 0.913. The summed E-state index contributed by atoms with van der Waals surface area (Å²) in [7, 11) is -3.24. The Kier molecular flexibility index (Phi) is 3.73. The molecule has 2 N–H and O–H groups in total. The van der Waals surface area contributed by atoms with E-state index in [0.29, 0.717) is 22.2 Å². The van der Waals surface area contributed by atoms with E-state index in [1.165, 1.54) is 0 Å². The van der Waals surface area contributed by atoms with Gasteiger partial charge in [-0.2, -0.15) is 4.98 Å². The Morgan fingerprint density at radius 3 is 2.33 bits per heavy atom. The van der Waals surface area contributed by atoms with Crippen molar-refractivity contribution in [2.45, 2.75) is 60.6 Å². The molecule has 2 fully saturated rings. The van der Waals surface area contributed by atoms with Crippen LogP contribution in [0.15, 0.2) is 33.7 Å². The summed E-state index contributed by atoms with van der Waals surface area (Å²) >= 11 is 0. The van der Waals surface area contributed by atoms with Gasteiger partial charge in [-0.1, -0.05) is 18.0 Å². The second-order valence-electron chi connectivity index (χ2n) is 6.91. The van der Waals surface area contributed by atoms with E-state index in [9.17, 15) is 8.42 Å². The highest BCUT2D eigenvalue weighted by Crippen LogP contribution is 2.37.